The van der Waals surface area contributed by atoms with Gasteiger partial charge in [-0.05, 0) is 62.3 Å². The summed E-state index contributed by atoms with van der Waals surface area (Å²) < 4.78 is 11.4. The minimum atomic E-state index is -0.261. The first-order valence-corrected chi connectivity index (χ1v) is 12.2. The Morgan fingerprint density at radius 2 is 1.97 bits per heavy atom. The molecule has 2 heterocycles. The van der Waals surface area contributed by atoms with Crippen LogP contribution in [-0.2, 0) is 16.0 Å². The normalized spacial score (nSPS) is 27.4. The number of ether oxygens (including phenoxy) is 2. The average Bonchev–Trinajstić information content (AvgIpc) is 2.83. The third-order valence-corrected chi connectivity index (χ3v) is 7.50. The molecule has 4 rings (SSSR count). The number of fused-ring (bicyclic) bond motifs is 1. The van der Waals surface area contributed by atoms with Crippen LogP contribution in [0.1, 0.15) is 44.6 Å². The summed E-state index contributed by atoms with van der Waals surface area (Å²) in [4.78, 5) is 15.9. The van der Waals surface area contributed by atoms with Gasteiger partial charge in [0.1, 0.15) is 12.4 Å². The zero-order valence-electron chi connectivity index (χ0n) is 19.9. The Morgan fingerprint density at radius 1 is 1.21 bits per heavy atom. The molecule has 3 fully saturated rings. The van der Waals surface area contributed by atoms with Gasteiger partial charge in [-0.15, -0.1) is 24.8 Å². The number of hydrogen-bond donors (Lipinski definition) is 2. The number of morpholine rings is 1. The van der Waals surface area contributed by atoms with E-state index in [0.29, 0.717) is 25.1 Å². The number of rotatable bonds is 8. The number of benzene rings is 1. The number of aryl methyl sites for hydroxylation is 1. The van der Waals surface area contributed by atoms with Crippen LogP contribution in [0.25, 0.3) is 0 Å². The maximum absolute atomic E-state index is 13.3. The van der Waals surface area contributed by atoms with Gasteiger partial charge in [-0.25, -0.2) is 0 Å². The number of carbonyl (C=O) groups excluding carboxylic acids is 1. The molecular formula is C25H41Cl2N3O3. The van der Waals surface area contributed by atoms with Crippen LogP contribution >= 0.6 is 24.8 Å². The topological polar surface area (TPSA) is 62.8 Å². The van der Waals surface area contributed by atoms with E-state index in [2.05, 4.69) is 34.6 Å². The van der Waals surface area contributed by atoms with Gasteiger partial charge in [-0.3, -0.25) is 9.69 Å². The quantitative estimate of drug-likeness (QED) is 0.534. The monoisotopic (exact) mass is 501 g/mol. The van der Waals surface area contributed by atoms with Crippen molar-refractivity contribution in [2.75, 3.05) is 52.5 Å². The molecule has 6 nitrogen and oxygen atoms in total. The number of amides is 1. The second kappa shape index (κ2) is 13.7. The van der Waals surface area contributed by atoms with Crippen molar-refractivity contribution >= 4 is 30.7 Å². The fraction of sp³-hybridized carbons (Fsp3) is 0.720. The maximum Gasteiger partial charge on any atom is 0.227 e. The predicted octanol–water partition coefficient (Wildman–Crippen LogP) is 3.46. The molecule has 3 aliphatic rings. The molecule has 33 heavy (non-hydrogen) atoms. The fourth-order valence-corrected chi connectivity index (χ4v) is 5.72. The number of nitrogens with zero attached hydrogens (tertiary/aromatic N) is 1. The molecule has 0 aromatic heterocycles. The van der Waals surface area contributed by atoms with Crippen LogP contribution in [0.5, 0.6) is 5.75 Å². The summed E-state index contributed by atoms with van der Waals surface area (Å²) in [6.45, 7) is 8.82. The van der Waals surface area contributed by atoms with Crippen LogP contribution in [0.2, 0.25) is 0 Å². The molecule has 2 N–H and O–H groups in total. The molecule has 0 radical (unpaired) electrons. The van der Waals surface area contributed by atoms with E-state index in [4.69, 9.17) is 9.47 Å². The standard InChI is InChI=1S/C25H39N3O3.2ClH/c1-2-3-20-4-6-23(7-5-20)31-15-12-27-24(29)25-10-8-22(28-13-16-30-17-14-28)18-21(25)9-11-26-19-25;;/h4-7,21-22,26H,2-3,8-19H2,1H3,(H,27,29);2*1H/t21-,22-,25-;;/m1../s1. The Morgan fingerprint density at radius 3 is 2.70 bits per heavy atom. The van der Waals surface area contributed by atoms with Crippen molar-refractivity contribution in [3.63, 3.8) is 0 Å². The largest absolute Gasteiger partial charge is 0.492 e. The van der Waals surface area contributed by atoms with E-state index in [0.717, 1.165) is 83.7 Å². The number of piperidine rings is 1. The molecule has 0 bridgehead atoms. The summed E-state index contributed by atoms with van der Waals surface area (Å²) >= 11 is 0. The first-order valence-electron chi connectivity index (χ1n) is 12.2. The molecule has 1 aromatic rings. The summed E-state index contributed by atoms with van der Waals surface area (Å²) in [6.07, 6.45) is 6.55. The highest BCUT2D eigenvalue weighted by Crippen LogP contribution is 2.46. The minimum absolute atomic E-state index is 0. The lowest BCUT2D eigenvalue weighted by atomic mass is 9.61. The van der Waals surface area contributed by atoms with Crippen LogP contribution < -0.4 is 15.4 Å². The second-order valence-electron chi connectivity index (χ2n) is 9.39. The highest BCUT2D eigenvalue weighted by molar-refractivity contribution is 5.85. The van der Waals surface area contributed by atoms with Gasteiger partial charge >= 0.3 is 0 Å². The van der Waals surface area contributed by atoms with E-state index in [9.17, 15) is 4.79 Å². The molecule has 3 atom stereocenters. The first kappa shape index (κ1) is 28.2. The lowest BCUT2D eigenvalue weighted by Gasteiger charge is -2.50. The van der Waals surface area contributed by atoms with Crippen LogP contribution in [-0.4, -0.2) is 69.4 Å². The maximum atomic E-state index is 13.3. The lowest BCUT2D eigenvalue weighted by Crippen LogP contribution is -2.60. The minimum Gasteiger partial charge on any atom is -0.492 e. The summed E-state index contributed by atoms with van der Waals surface area (Å²) in [7, 11) is 0. The van der Waals surface area contributed by atoms with Crippen molar-refractivity contribution in [2.45, 2.75) is 51.5 Å². The van der Waals surface area contributed by atoms with Crippen LogP contribution in [0.3, 0.4) is 0 Å². The summed E-state index contributed by atoms with van der Waals surface area (Å²) in [5, 5.41) is 6.71. The van der Waals surface area contributed by atoms with Gasteiger partial charge in [0.05, 0.1) is 25.2 Å². The fourth-order valence-electron chi connectivity index (χ4n) is 5.72. The van der Waals surface area contributed by atoms with Crippen LogP contribution in [0.4, 0.5) is 0 Å². The van der Waals surface area contributed by atoms with E-state index in [1.165, 1.54) is 5.56 Å². The summed E-state index contributed by atoms with van der Waals surface area (Å²) in [5.41, 5.74) is 1.08. The molecule has 1 saturated carbocycles. The molecule has 1 aliphatic carbocycles. The highest BCUT2D eigenvalue weighted by atomic mass is 35.5. The van der Waals surface area contributed by atoms with E-state index in [-0.39, 0.29) is 36.1 Å². The van der Waals surface area contributed by atoms with E-state index >= 15 is 0 Å². The SMILES string of the molecule is CCCc1ccc(OCCNC(=O)[C@@]23CC[C@@H](N4CCOCC4)C[C@H]2CCNC3)cc1.Cl.Cl. The molecule has 188 valence electrons. The molecule has 8 heteroatoms. The van der Waals surface area contributed by atoms with E-state index in [1.54, 1.807) is 0 Å². The van der Waals surface area contributed by atoms with Gasteiger partial charge in [-0.1, -0.05) is 25.5 Å². The number of nitrogens with one attached hydrogen (secondary N) is 2. The predicted molar refractivity (Wildman–Crippen MR) is 137 cm³/mol. The Labute approximate surface area is 211 Å². The van der Waals surface area contributed by atoms with Crippen molar-refractivity contribution in [1.82, 2.24) is 15.5 Å². The summed E-state index contributed by atoms with van der Waals surface area (Å²) in [6, 6.07) is 8.91. The Kier molecular flexibility index (Phi) is 11.7. The third kappa shape index (κ3) is 6.98. The molecule has 1 aromatic carbocycles. The Hall–Kier alpha value is -1.05. The van der Waals surface area contributed by atoms with Crippen molar-refractivity contribution in [2.24, 2.45) is 11.3 Å². The second-order valence-corrected chi connectivity index (χ2v) is 9.39. The molecule has 2 saturated heterocycles. The molecule has 0 unspecified atom stereocenters. The van der Waals surface area contributed by atoms with Gasteiger partial charge in [0, 0.05) is 25.7 Å². The highest BCUT2D eigenvalue weighted by Gasteiger charge is 2.50. The molecule has 2 aliphatic heterocycles. The zero-order valence-corrected chi connectivity index (χ0v) is 21.5. The van der Waals surface area contributed by atoms with Crippen molar-refractivity contribution in [3.8, 4) is 5.75 Å². The number of carbonyl (C=O) groups is 1. The average molecular weight is 503 g/mol. The van der Waals surface area contributed by atoms with Gasteiger partial charge in [0.25, 0.3) is 0 Å². The third-order valence-electron chi connectivity index (χ3n) is 7.50. The number of halogens is 2. The lowest BCUT2D eigenvalue weighted by molar-refractivity contribution is -0.140. The van der Waals surface area contributed by atoms with Crippen molar-refractivity contribution < 1.29 is 14.3 Å². The van der Waals surface area contributed by atoms with Gasteiger partial charge in [0.2, 0.25) is 5.91 Å². The van der Waals surface area contributed by atoms with E-state index < -0.39 is 0 Å². The van der Waals surface area contributed by atoms with Gasteiger partial charge in [0.15, 0.2) is 0 Å². The van der Waals surface area contributed by atoms with Crippen LogP contribution in [0, 0.1) is 11.3 Å². The molecule has 0 spiro atoms. The van der Waals surface area contributed by atoms with E-state index in [1.807, 2.05) is 12.1 Å². The Bertz CT molecular complexity index is 715. The van der Waals surface area contributed by atoms with Gasteiger partial charge < -0.3 is 20.1 Å². The smallest absolute Gasteiger partial charge is 0.227 e. The van der Waals surface area contributed by atoms with Crippen molar-refractivity contribution in [1.29, 1.82) is 0 Å². The van der Waals surface area contributed by atoms with Gasteiger partial charge in [-0.2, -0.15) is 0 Å². The Balaban J connectivity index is 0.00000193. The van der Waals surface area contributed by atoms with Crippen molar-refractivity contribution in [3.05, 3.63) is 29.8 Å². The molecule has 1 amide bonds. The molecular weight excluding hydrogens is 461 g/mol. The van der Waals surface area contributed by atoms with Crippen LogP contribution in [0.15, 0.2) is 24.3 Å². The number of hydrogen-bond acceptors (Lipinski definition) is 5. The first-order chi connectivity index (χ1) is 15.2. The summed E-state index contributed by atoms with van der Waals surface area (Å²) in [5.74, 6) is 1.55. The zero-order chi connectivity index (χ0) is 21.5.